The van der Waals surface area contributed by atoms with Gasteiger partial charge >= 0.3 is 0 Å². The van der Waals surface area contributed by atoms with Gasteiger partial charge in [0.05, 0.1) is 8.66 Å². The van der Waals surface area contributed by atoms with Gasteiger partial charge in [-0.15, -0.1) is 11.3 Å². The van der Waals surface area contributed by atoms with Crippen molar-refractivity contribution in [2.75, 3.05) is 18.8 Å². The number of thiophene rings is 1. The molecular weight excluding hydrogens is 398 g/mol. The molecule has 0 radical (unpaired) electrons. The van der Waals surface area contributed by atoms with Crippen LogP contribution in [0.1, 0.15) is 29.9 Å². The van der Waals surface area contributed by atoms with Crippen LogP contribution in [-0.2, 0) is 0 Å². The third kappa shape index (κ3) is 3.52. The van der Waals surface area contributed by atoms with Gasteiger partial charge in [-0.1, -0.05) is 13.8 Å². The zero-order chi connectivity index (χ0) is 13.3. The van der Waals surface area contributed by atoms with E-state index in [-0.39, 0.29) is 10.7 Å². The minimum absolute atomic E-state index is 0.157. The average Bonchev–Trinajstić information content (AvgIpc) is 2.52. The molecule has 0 bridgehead atoms. The summed E-state index contributed by atoms with van der Waals surface area (Å²) in [5.74, 6) is 1.18. The van der Waals surface area contributed by atoms with Crippen LogP contribution in [0.2, 0.25) is 0 Å². The molecule has 0 unspecified atom stereocenters. The lowest BCUT2D eigenvalue weighted by molar-refractivity contribution is 0.0769. The van der Waals surface area contributed by atoms with Gasteiger partial charge in [-0.25, -0.2) is 0 Å². The van der Waals surface area contributed by atoms with Crippen molar-refractivity contribution in [1.82, 2.24) is 4.90 Å². The number of nitrogens with zero attached hydrogens (tertiary/aromatic N) is 1. The van der Waals surface area contributed by atoms with Crippen LogP contribution in [0.5, 0.6) is 0 Å². The van der Waals surface area contributed by atoms with E-state index in [1.54, 1.807) is 0 Å². The standard InChI is InChI=1S/C12H15Br2NOS2/c1-12(2)3-4-15(5-6-17-12)11(16)9-7-8(13)10(14)18-9/h7H,3-6H2,1-2H3. The Kier molecular flexibility index (Phi) is 4.84. The van der Waals surface area contributed by atoms with Crippen molar-refractivity contribution in [3.05, 3.63) is 19.2 Å². The van der Waals surface area contributed by atoms with Crippen LogP contribution in [0.4, 0.5) is 0 Å². The molecule has 1 amide bonds. The highest BCUT2D eigenvalue weighted by Gasteiger charge is 2.27. The summed E-state index contributed by atoms with van der Waals surface area (Å²) in [6, 6.07) is 1.90. The Morgan fingerprint density at radius 1 is 1.39 bits per heavy atom. The van der Waals surface area contributed by atoms with E-state index in [2.05, 4.69) is 45.7 Å². The number of rotatable bonds is 1. The van der Waals surface area contributed by atoms with Crippen molar-refractivity contribution in [2.24, 2.45) is 0 Å². The van der Waals surface area contributed by atoms with Crippen molar-refractivity contribution in [3.63, 3.8) is 0 Å². The summed E-state index contributed by atoms with van der Waals surface area (Å²) in [6.07, 6.45) is 1.05. The largest absolute Gasteiger partial charge is 0.337 e. The molecule has 1 aliphatic heterocycles. The maximum absolute atomic E-state index is 12.4. The zero-order valence-corrected chi connectivity index (χ0v) is 15.1. The Morgan fingerprint density at radius 2 is 2.11 bits per heavy atom. The normalized spacial score (nSPS) is 19.7. The average molecular weight is 413 g/mol. The van der Waals surface area contributed by atoms with E-state index in [1.165, 1.54) is 11.3 Å². The van der Waals surface area contributed by atoms with Crippen LogP contribution in [0, 0.1) is 0 Å². The fraction of sp³-hybridized carbons (Fsp3) is 0.583. The molecule has 6 heteroatoms. The predicted octanol–water partition coefficient (Wildman–Crippen LogP) is 4.63. The Labute approximate surface area is 133 Å². The molecule has 1 aromatic rings. The number of hydrogen-bond donors (Lipinski definition) is 0. The van der Waals surface area contributed by atoms with E-state index < -0.39 is 0 Å². The molecule has 1 aromatic heterocycles. The molecule has 0 N–H and O–H groups in total. The van der Waals surface area contributed by atoms with Gasteiger partial charge in [-0.2, -0.15) is 11.8 Å². The zero-order valence-electron chi connectivity index (χ0n) is 10.3. The number of amides is 1. The van der Waals surface area contributed by atoms with Crippen molar-refractivity contribution in [3.8, 4) is 0 Å². The topological polar surface area (TPSA) is 20.3 Å². The number of thioether (sulfide) groups is 1. The van der Waals surface area contributed by atoms with Crippen molar-refractivity contribution in [2.45, 2.75) is 25.0 Å². The third-order valence-electron chi connectivity index (χ3n) is 2.98. The minimum atomic E-state index is 0.157. The first-order valence-electron chi connectivity index (χ1n) is 5.77. The van der Waals surface area contributed by atoms with E-state index in [9.17, 15) is 4.79 Å². The van der Waals surface area contributed by atoms with Gasteiger partial charge in [0.15, 0.2) is 0 Å². The van der Waals surface area contributed by atoms with Crippen molar-refractivity contribution < 1.29 is 4.79 Å². The van der Waals surface area contributed by atoms with E-state index in [0.717, 1.165) is 38.4 Å². The van der Waals surface area contributed by atoms with E-state index in [4.69, 9.17) is 0 Å². The molecule has 2 nitrogen and oxygen atoms in total. The van der Waals surface area contributed by atoms with Crippen LogP contribution in [0.3, 0.4) is 0 Å². The molecule has 2 rings (SSSR count). The molecule has 0 saturated carbocycles. The summed E-state index contributed by atoms with van der Waals surface area (Å²) in [5.41, 5.74) is 0. The van der Waals surface area contributed by atoms with E-state index in [1.807, 2.05) is 22.7 Å². The minimum Gasteiger partial charge on any atom is -0.337 e. The van der Waals surface area contributed by atoms with E-state index in [0.29, 0.717) is 0 Å². The Morgan fingerprint density at radius 3 is 2.72 bits per heavy atom. The second-order valence-electron chi connectivity index (χ2n) is 4.88. The Hall–Kier alpha value is 0.480. The first-order valence-corrected chi connectivity index (χ1v) is 9.16. The quantitative estimate of drug-likeness (QED) is 0.669. The fourth-order valence-corrected chi connectivity index (χ4v) is 4.93. The molecular formula is C12H15Br2NOS2. The van der Waals surface area contributed by atoms with Crippen molar-refractivity contribution >= 4 is 60.9 Å². The van der Waals surface area contributed by atoms with Gasteiger partial charge in [0, 0.05) is 28.1 Å². The summed E-state index contributed by atoms with van der Waals surface area (Å²) in [6.45, 7) is 6.21. The number of halogens is 2. The lowest BCUT2D eigenvalue weighted by Gasteiger charge is -2.22. The summed E-state index contributed by atoms with van der Waals surface area (Å²) in [4.78, 5) is 15.2. The third-order valence-corrected chi connectivity index (χ3v) is 7.60. The second kappa shape index (κ2) is 5.85. The molecule has 2 heterocycles. The monoisotopic (exact) mass is 411 g/mol. The first kappa shape index (κ1) is 14.9. The number of hydrogen-bond acceptors (Lipinski definition) is 3. The fourth-order valence-electron chi connectivity index (χ4n) is 1.83. The molecule has 1 aliphatic rings. The van der Waals surface area contributed by atoms with Gasteiger partial charge in [0.2, 0.25) is 0 Å². The lowest BCUT2D eigenvalue weighted by atomic mass is 10.1. The highest BCUT2D eigenvalue weighted by molar-refractivity contribution is 9.13. The second-order valence-corrected chi connectivity index (χ2v) is 9.91. The molecule has 0 aliphatic carbocycles. The van der Waals surface area contributed by atoms with Crippen LogP contribution < -0.4 is 0 Å². The molecule has 18 heavy (non-hydrogen) atoms. The highest BCUT2D eigenvalue weighted by atomic mass is 79.9. The van der Waals surface area contributed by atoms with Crippen LogP contribution >= 0.6 is 55.0 Å². The SMILES string of the molecule is CC1(C)CCN(C(=O)c2cc(Br)c(Br)s2)CCS1. The van der Waals surface area contributed by atoms with Gasteiger partial charge < -0.3 is 4.90 Å². The van der Waals surface area contributed by atoms with Gasteiger partial charge in [-0.3, -0.25) is 4.79 Å². The predicted molar refractivity (Wildman–Crippen MR) is 86.8 cm³/mol. The Bertz CT molecular complexity index is 439. The molecule has 0 atom stereocenters. The lowest BCUT2D eigenvalue weighted by Crippen LogP contribution is -2.33. The number of carbonyl (C=O) groups excluding carboxylic acids is 1. The van der Waals surface area contributed by atoms with Gasteiger partial charge in [0.25, 0.3) is 5.91 Å². The first-order chi connectivity index (χ1) is 8.39. The van der Waals surface area contributed by atoms with E-state index >= 15 is 0 Å². The smallest absolute Gasteiger partial charge is 0.264 e. The maximum Gasteiger partial charge on any atom is 0.264 e. The molecule has 100 valence electrons. The van der Waals surface area contributed by atoms with Crippen molar-refractivity contribution in [1.29, 1.82) is 0 Å². The molecule has 1 fully saturated rings. The summed E-state index contributed by atoms with van der Waals surface area (Å²) in [5, 5.41) is 0. The number of carbonyl (C=O) groups is 1. The molecule has 0 spiro atoms. The Balaban J connectivity index is 2.09. The summed E-state index contributed by atoms with van der Waals surface area (Å²) >= 11 is 10.3. The van der Waals surface area contributed by atoms with Gasteiger partial charge in [0.1, 0.15) is 0 Å². The maximum atomic E-state index is 12.4. The van der Waals surface area contributed by atoms with Crippen LogP contribution in [0.15, 0.2) is 14.3 Å². The summed E-state index contributed by atoms with van der Waals surface area (Å²) in [7, 11) is 0. The summed E-state index contributed by atoms with van der Waals surface area (Å²) < 4.78 is 2.22. The van der Waals surface area contributed by atoms with Gasteiger partial charge in [-0.05, 0) is 44.3 Å². The van der Waals surface area contributed by atoms with Crippen LogP contribution in [0.25, 0.3) is 0 Å². The molecule has 0 aromatic carbocycles. The molecule has 1 saturated heterocycles. The van der Waals surface area contributed by atoms with Crippen LogP contribution in [-0.4, -0.2) is 34.4 Å². The highest BCUT2D eigenvalue weighted by Crippen LogP contribution is 2.34.